The molecule has 0 spiro atoms. The SMILES string of the molecule is c1ccc(-c2nc(-c3ccccc3)nc(-c3nc(-c4ccccc4)nc(-n4c5ccccc5c5c6c(ccc54)Cc4ccccc4-6)n3)n2)cc1. The van der Waals surface area contributed by atoms with Crippen LogP contribution in [0.1, 0.15) is 11.1 Å². The van der Waals surface area contributed by atoms with Crippen LogP contribution >= 0.6 is 0 Å². The number of para-hydroxylation sites is 1. The van der Waals surface area contributed by atoms with E-state index in [-0.39, 0.29) is 0 Å². The largest absolute Gasteiger partial charge is 0.278 e. The number of fused-ring (bicyclic) bond motifs is 7. The van der Waals surface area contributed by atoms with Crippen LogP contribution in [0.15, 0.2) is 152 Å². The summed E-state index contributed by atoms with van der Waals surface area (Å²) in [6, 6.07) is 51.5. The van der Waals surface area contributed by atoms with Gasteiger partial charge in [-0.1, -0.05) is 140 Å². The molecule has 234 valence electrons. The minimum atomic E-state index is 0.364. The fourth-order valence-corrected chi connectivity index (χ4v) is 7.09. The van der Waals surface area contributed by atoms with Gasteiger partial charge in [0.2, 0.25) is 17.6 Å². The maximum absolute atomic E-state index is 5.17. The summed E-state index contributed by atoms with van der Waals surface area (Å²) in [6.07, 6.45) is 0.919. The molecule has 0 aliphatic heterocycles. The van der Waals surface area contributed by atoms with Gasteiger partial charge in [0, 0.05) is 27.5 Å². The molecule has 1 aliphatic carbocycles. The topological polar surface area (TPSA) is 82.3 Å². The molecule has 0 amide bonds. The first kappa shape index (κ1) is 28.2. The normalized spacial score (nSPS) is 11.9. The van der Waals surface area contributed by atoms with Gasteiger partial charge < -0.3 is 0 Å². The summed E-state index contributed by atoms with van der Waals surface area (Å²) in [4.78, 5) is 30.1. The minimum Gasteiger partial charge on any atom is -0.278 e. The van der Waals surface area contributed by atoms with Crippen molar-refractivity contribution in [3.63, 3.8) is 0 Å². The second-order valence-corrected chi connectivity index (χ2v) is 12.4. The van der Waals surface area contributed by atoms with Gasteiger partial charge in [-0.05, 0) is 40.8 Å². The number of hydrogen-bond acceptors (Lipinski definition) is 6. The van der Waals surface area contributed by atoms with Gasteiger partial charge in [-0.3, -0.25) is 4.57 Å². The molecule has 1 aliphatic rings. The summed E-state index contributed by atoms with van der Waals surface area (Å²) < 4.78 is 2.15. The zero-order chi connectivity index (χ0) is 33.0. The average Bonchev–Trinajstić information content (AvgIpc) is 3.74. The van der Waals surface area contributed by atoms with E-state index in [0.717, 1.165) is 39.5 Å². The molecular formula is C43H27N7. The van der Waals surface area contributed by atoms with Crippen LogP contribution in [0.4, 0.5) is 0 Å². The molecule has 7 heteroatoms. The molecule has 0 radical (unpaired) electrons. The Morgan fingerprint density at radius 1 is 0.380 bits per heavy atom. The maximum atomic E-state index is 5.17. The molecule has 3 aromatic heterocycles. The average molecular weight is 642 g/mol. The van der Waals surface area contributed by atoms with Gasteiger partial charge in [0.05, 0.1) is 11.0 Å². The quantitative estimate of drug-likeness (QED) is 0.186. The zero-order valence-electron chi connectivity index (χ0n) is 26.8. The Bertz CT molecular complexity index is 2660. The molecular weight excluding hydrogens is 615 g/mol. The van der Waals surface area contributed by atoms with Gasteiger partial charge in [-0.25, -0.2) is 19.9 Å². The van der Waals surface area contributed by atoms with Crippen LogP contribution in [0.3, 0.4) is 0 Å². The molecule has 0 atom stereocenters. The number of nitrogens with zero attached hydrogens (tertiary/aromatic N) is 7. The smallest absolute Gasteiger partial charge is 0.238 e. The molecule has 6 aromatic carbocycles. The van der Waals surface area contributed by atoms with Crippen LogP contribution in [0, 0.1) is 0 Å². The molecule has 7 nitrogen and oxygen atoms in total. The van der Waals surface area contributed by atoms with Crippen LogP contribution in [-0.4, -0.2) is 34.5 Å². The predicted molar refractivity (Wildman–Crippen MR) is 198 cm³/mol. The van der Waals surface area contributed by atoms with Gasteiger partial charge in [0.1, 0.15) is 0 Å². The predicted octanol–water partition coefficient (Wildman–Crippen LogP) is 9.39. The Morgan fingerprint density at radius 3 is 1.54 bits per heavy atom. The van der Waals surface area contributed by atoms with Gasteiger partial charge in [-0.2, -0.15) is 9.97 Å². The Labute approximate surface area is 287 Å². The Balaban J connectivity index is 1.26. The van der Waals surface area contributed by atoms with E-state index < -0.39 is 0 Å². The molecule has 0 fully saturated rings. The van der Waals surface area contributed by atoms with Crippen LogP contribution in [-0.2, 0) is 6.42 Å². The van der Waals surface area contributed by atoms with Crippen LogP contribution < -0.4 is 0 Å². The molecule has 3 heterocycles. The van der Waals surface area contributed by atoms with Gasteiger partial charge in [-0.15, -0.1) is 0 Å². The minimum absolute atomic E-state index is 0.364. The highest BCUT2D eigenvalue weighted by Gasteiger charge is 2.26. The van der Waals surface area contributed by atoms with Gasteiger partial charge >= 0.3 is 0 Å². The number of benzene rings is 6. The highest BCUT2D eigenvalue weighted by atomic mass is 15.2. The molecule has 0 saturated carbocycles. The highest BCUT2D eigenvalue weighted by Crippen LogP contribution is 2.45. The van der Waals surface area contributed by atoms with E-state index in [9.17, 15) is 0 Å². The lowest BCUT2D eigenvalue weighted by molar-refractivity contribution is 0.934. The number of rotatable bonds is 5. The van der Waals surface area contributed by atoms with Crippen molar-refractivity contribution in [3.05, 3.63) is 163 Å². The van der Waals surface area contributed by atoms with Crippen molar-refractivity contribution in [2.45, 2.75) is 6.42 Å². The lowest BCUT2D eigenvalue weighted by atomic mass is 9.99. The zero-order valence-corrected chi connectivity index (χ0v) is 26.8. The first-order valence-corrected chi connectivity index (χ1v) is 16.6. The van der Waals surface area contributed by atoms with E-state index in [0.29, 0.717) is 35.1 Å². The fraction of sp³-hybridized carbons (Fsp3) is 0.0233. The first-order chi connectivity index (χ1) is 24.8. The lowest BCUT2D eigenvalue weighted by Gasteiger charge is -2.12. The van der Waals surface area contributed by atoms with E-state index in [2.05, 4.69) is 65.2 Å². The van der Waals surface area contributed by atoms with Crippen molar-refractivity contribution >= 4 is 21.8 Å². The molecule has 50 heavy (non-hydrogen) atoms. The second kappa shape index (κ2) is 11.4. The number of hydrogen-bond donors (Lipinski definition) is 0. The van der Waals surface area contributed by atoms with E-state index >= 15 is 0 Å². The third-order valence-electron chi connectivity index (χ3n) is 9.35. The number of aromatic nitrogens is 7. The monoisotopic (exact) mass is 641 g/mol. The standard InChI is InChI=1S/C43H27N7/c1-4-14-27(15-5-1)38-44-39(28-16-6-2-7-17-28)46-41(45-38)42-47-40(29-18-8-3-9-19-29)48-43(49-42)50-34-23-13-12-22-33(34)37-35(50)25-24-31-26-30-20-10-11-21-32(30)36(31)37/h1-25H,26H2. The van der Waals surface area contributed by atoms with E-state index in [1.807, 2.05) is 91.0 Å². The Hall–Kier alpha value is -6.86. The summed E-state index contributed by atoms with van der Waals surface area (Å²) in [5.74, 6) is 2.85. The summed E-state index contributed by atoms with van der Waals surface area (Å²) in [5, 5.41) is 2.35. The van der Waals surface area contributed by atoms with E-state index in [1.54, 1.807) is 0 Å². The summed E-state index contributed by atoms with van der Waals surface area (Å²) >= 11 is 0. The van der Waals surface area contributed by atoms with Crippen molar-refractivity contribution in [1.29, 1.82) is 0 Å². The highest BCUT2D eigenvalue weighted by molar-refractivity contribution is 6.17. The van der Waals surface area contributed by atoms with Crippen molar-refractivity contribution in [1.82, 2.24) is 34.5 Å². The van der Waals surface area contributed by atoms with Crippen LogP contribution in [0.2, 0.25) is 0 Å². The molecule has 0 unspecified atom stereocenters. The maximum Gasteiger partial charge on any atom is 0.238 e. The van der Waals surface area contributed by atoms with Crippen molar-refractivity contribution in [2.75, 3.05) is 0 Å². The summed E-state index contributed by atoms with van der Waals surface area (Å²) in [7, 11) is 0. The molecule has 9 aromatic rings. The first-order valence-electron chi connectivity index (χ1n) is 16.6. The second-order valence-electron chi connectivity index (χ2n) is 12.4. The van der Waals surface area contributed by atoms with Gasteiger partial charge in [0.15, 0.2) is 17.5 Å². The van der Waals surface area contributed by atoms with Crippen molar-refractivity contribution in [3.8, 4) is 62.9 Å². The summed E-state index contributed by atoms with van der Waals surface area (Å²) in [6.45, 7) is 0. The van der Waals surface area contributed by atoms with Crippen molar-refractivity contribution in [2.24, 2.45) is 0 Å². The molecule has 0 N–H and O–H groups in total. The van der Waals surface area contributed by atoms with Gasteiger partial charge in [0.25, 0.3) is 0 Å². The Kier molecular flexibility index (Phi) is 6.42. The molecule has 0 bridgehead atoms. The Morgan fingerprint density at radius 2 is 0.880 bits per heavy atom. The third kappa shape index (κ3) is 4.59. The fourth-order valence-electron chi connectivity index (χ4n) is 7.09. The van der Waals surface area contributed by atoms with Crippen molar-refractivity contribution < 1.29 is 0 Å². The summed E-state index contributed by atoms with van der Waals surface area (Å²) in [5.41, 5.74) is 9.91. The lowest BCUT2D eigenvalue weighted by Crippen LogP contribution is -2.09. The molecule has 10 rings (SSSR count). The third-order valence-corrected chi connectivity index (χ3v) is 9.35. The molecule has 0 saturated heterocycles. The van der Waals surface area contributed by atoms with Crippen LogP contribution in [0.5, 0.6) is 0 Å². The van der Waals surface area contributed by atoms with E-state index in [1.165, 1.54) is 27.6 Å². The van der Waals surface area contributed by atoms with E-state index in [4.69, 9.17) is 29.9 Å². The van der Waals surface area contributed by atoms with Crippen LogP contribution in [0.25, 0.3) is 84.7 Å².